The summed E-state index contributed by atoms with van der Waals surface area (Å²) in [4.78, 5) is 16.5. The lowest BCUT2D eigenvalue weighted by Gasteiger charge is -2.10. The molecule has 0 saturated heterocycles. The van der Waals surface area contributed by atoms with Gasteiger partial charge >= 0.3 is 0 Å². The van der Waals surface area contributed by atoms with Crippen LogP contribution in [0.25, 0.3) is 5.65 Å². The Bertz CT molecular complexity index is 842. The fourth-order valence-corrected chi connectivity index (χ4v) is 2.42. The zero-order valence-corrected chi connectivity index (χ0v) is 12.9. The number of imidazole rings is 1. The summed E-state index contributed by atoms with van der Waals surface area (Å²) in [5, 5.41) is 2.89. The van der Waals surface area contributed by atoms with Gasteiger partial charge in [0.05, 0.1) is 26.3 Å². The first-order valence-electron chi connectivity index (χ1n) is 7.13. The highest BCUT2D eigenvalue weighted by Gasteiger charge is 2.10. The smallest absolute Gasteiger partial charge is 0.228 e. The van der Waals surface area contributed by atoms with Crippen molar-refractivity contribution in [2.75, 3.05) is 19.5 Å². The number of rotatable bonds is 5. The van der Waals surface area contributed by atoms with E-state index in [1.54, 1.807) is 32.5 Å². The van der Waals surface area contributed by atoms with Crippen LogP contribution < -0.4 is 14.8 Å². The molecule has 0 aliphatic heterocycles. The maximum Gasteiger partial charge on any atom is 0.228 e. The summed E-state index contributed by atoms with van der Waals surface area (Å²) >= 11 is 0. The van der Waals surface area contributed by atoms with Crippen molar-refractivity contribution in [1.29, 1.82) is 0 Å². The van der Waals surface area contributed by atoms with Gasteiger partial charge in [-0.25, -0.2) is 4.98 Å². The van der Waals surface area contributed by atoms with Crippen molar-refractivity contribution in [1.82, 2.24) is 9.38 Å². The first-order chi connectivity index (χ1) is 11.2. The Morgan fingerprint density at radius 2 is 2.00 bits per heavy atom. The Kier molecular flexibility index (Phi) is 4.14. The molecule has 1 aromatic carbocycles. The number of fused-ring (bicyclic) bond motifs is 1. The molecule has 23 heavy (non-hydrogen) atoms. The predicted octanol–water partition coefficient (Wildman–Crippen LogP) is 2.53. The van der Waals surface area contributed by atoms with Gasteiger partial charge in [-0.05, 0) is 29.8 Å². The van der Waals surface area contributed by atoms with Crippen LogP contribution in [0.4, 0.5) is 5.69 Å². The molecule has 118 valence electrons. The molecule has 0 aliphatic rings. The minimum atomic E-state index is -0.117. The number of carbonyl (C=O) groups excluding carboxylic acids is 1. The van der Waals surface area contributed by atoms with Crippen molar-refractivity contribution in [2.24, 2.45) is 0 Å². The molecule has 0 bridgehead atoms. The van der Waals surface area contributed by atoms with Crippen LogP contribution >= 0.6 is 0 Å². The second-order valence-corrected chi connectivity index (χ2v) is 4.99. The quantitative estimate of drug-likeness (QED) is 0.786. The van der Waals surface area contributed by atoms with Gasteiger partial charge in [-0.15, -0.1) is 0 Å². The molecule has 2 aromatic heterocycles. The number of carbonyl (C=O) groups is 1. The average Bonchev–Trinajstić information content (AvgIpc) is 3.04. The van der Waals surface area contributed by atoms with E-state index in [2.05, 4.69) is 10.3 Å². The summed E-state index contributed by atoms with van der Waals surface area (Å²) in [7, 11) is 3.15. The van der Waals surface area contributed by atoms with Gasteiger partial charge in [0.1, 0.15) is 0 Å². The van der Waals surface area contributed by atoms with Gasteiger partial charge in [-0.3, -0.25) is 4.79 Å². The van der Waals surface area contributed by atoms with Gasteiger partial charge in [0.15, 0.2) is 17.1 Å². The molecule has 0 saturated carbocycles. The molecule has 0 spiro atoms. The maximum atomic E-state index is 12.3. The maximum absolute atomic E-state index is 12.3. The molecule has 1 amide bonds. The number of benzene rings is 1. The van der Waals surface area contributed by atoms with Gasteiger partial charge in [0.2, 0.25) is 5.91 Å². The molecule has 0 atom stereocenters. The Hall–Kier alpha value is -3.02. The van der Waals surface area contributed by atoms with Crippen LogP contribution in [-0.2, 0) is 11.2 Å². The molecule has 6 nitrogen and oxygen atoms in total. The van der Waals surface area contributed by atoms with E-state index in [-0.39, 0.29) is 12.3 Å². The van der Waals surface area contributed by atoms with Gasteiger partial charge in [0, 0.05) is 18.6 Å². The highest BCUT2D eigenvalue weighted by molar-refractivity contribution is 5.95. The zero-order chi connectivity index (χ0) is 16.2. The summed E-state index contributed by atoms with van der Waals surface area (Å²) in [5.41, 5.74) is 2.24. The monoisotopic (exact) mass is 311 g/mol. The second kappa shape index (κ2) is 6.39. The number of methoxy groups -OCH3 is 2. The van der Waals surface area contributed by atoms with E-state index in [0.29, 0.717) is 22.8 Å². The minimum absolute atomic E-state index is 0.117. The number of nitrogens with one attached hydrogen (secondary N) is 1. The van der Waals surface area contributed by atoms with Crippen molar-refractivity contribution in [3.63, 3.8) is 0 Å². The lowest BCUT2D eigenvalue weighted by molar-refractivity contribution is -0.115. The number of amides is 1. The number of anilines is 1. The number of hydrogen-bond donors (Lipinski definition) is 1. The largest absolute Gasteiger partial charge is 0.493 e. The van der Waals surface area contributed by atoms with Crippen molar-refractivity contribution >= 4 is 17.2 Å². The molecule has 3 rings (SSSR count). The summed E-state index contributed by atoms with van der Waals surface area (Å²) in [5.74, 6) is 1.13. The van der Waals surface area contributed by atoms with Crippen LogP contribution in [0.2, 0.25) is 0 Å². The number of ether oxygens (including phenoxy) is 2. The van der Waals surface area contributed by atoms with Crippen molar-refractivity contribution in [3.8, 4) is 11.5 Å². The molecule has 0 radical (unpaired) electrons. The standard InChI is InChI=1S/C17H17N3O3/c1-22-14-6-5-12(10-15(14)23-2)11-16(21)19-13-4-3-8-20-9-7-18-17(13)20/h3-10H,11H2,1-2H3,(H,19,21). The lowest BCUT2D eigenvalue weighted by Crippen LogP contribution is -2.15. The normalized spacial score (nSPS) is 10.5. The Labute approximate surface area is 133 Å². The van der Waals surface area contributed by atoms with Crippen LogP contribution in [-0.4, -0.2) is 29.5 Å². The lowest BCUT2D eigenvalue weighted by atomic mass is 10.1. The van der Waals surface area contributed by atoms with Crippen LogP contribution in [0.1, 0.15) is 5.56 Å². The molecule has 6 heteroatoms. The van der Waals surface area contributed by atoms with Crippen molar-refractivity contribution in [3.05, 3.63) is 54.5 Å². The number of pyridine rings is 1. The third kappa shape index (κ3) is 3.11. The summed E-state index contributed by atoms with van der Waals surface area (Å²) in [6.45, 7) is 0. The summed E-state index contributed by atoms with van der Waals surface area (Å²) < 4.78 is 12.3. The van der Waals surface area contributed by atoms with E-state index in [1.165, 1.54) is 0 Å². The van der Waals surface area contributed by atoms with Crippen LogP contribution in [0.5, 0.6) is 11.5 Å². The third-order valence-corrected chi connectivity index (χ3v) is 3.51. The fraction of sp³-hybridized carbons (Fsp3) is 0.176. The summed E-state index contributed by atoms with van der Waals surface area (Å²) in [6.07, 6.45) is 5.65. The summed E-state index contributed by atoms with van der Waals surface area (Å²) in [6, 6.07) is 9.12. The molecule has 0 aliphatic carbocycles. The first-order valence-corrected chi connectivity index (χ1v) is 7.13. The number of nitrogens with zero attached hydrogens (tertiary/aromatic N) is 2. The SMILES string of the molecule is COc1ccc(CC(=O)Nc2cccn3ccnc23)cc1OC. The highest BCUT2D eigenvalue weighted by Crippen LogP contribution is 2.27. The number of aromatic nitrogens is 2. The van der Waals surface area contributed by atoms with Gasteiger partial charge in [-0.1, -0.05) is 6.07 Å². The highest BCUT2D eigenvalue weighted by atomic mass is 16.5. The van der Waals surface area contributed by atoms with Gasteiger partial charge in [-0.2, -0.15) is 0 Å². The molecular weight excluding hydrogens is 294 g/mol. The zero-order valence-electron chi connectivity index (χ0n) is 12.9. The predicted molar refractivity (Wildman–Crippen MR) is 87.1 cm³/mol. The topological polar surface area (TPSA) is 64.9 Å². The third-order valence-electron chi connectivity index (χ3n) is 3.51. The number of hydrogen-bond acceptors (Lipinski definition) is 4. The van der Waals surface area contributed by atoms with E-state index in [0.717, 1.165) is 5.56 Å². The first kappa shape index (κ1) is 14.9. The minimum Gasteiger partial charge on any atom is -0.493 e. The molecule has 3 aromatic rings. The average molecular weight is 311 g/mol. The van der Waals surface area contributed by atoms with E-state index >= 15 is 0 Å². The molecule has 0 unspecified atom stereocenters. The molecule has 1 N–H and O–H groups in total. The van der Waals surface area contributed by atoms with E-state index < -0.39 is 0 Å². The van der Waals surface area contributed by atoms with E-state index in [1.807, 2.05) is 35.0 Å². The fourth-order valence-electron chi connectivity index (χ4n) is 2.42. The van der Waals surface area contributed by atoms with Gasteiger partial charge in [0.25, 0.3) is 0 Å². The van der Waals surface area contributed by atoms with Gasteiger partial charge < -0.3 is 19.2 Å². The van der Waals surface area contributed by atoms with Crippen LogP contribution in [0, 0.1) is 0 Å². The van der Waals surface area contributed by atoms with Crippen LogP contribution in [0.3, 0.4) is 0 Å². The second-order valence-electron chi connectivity index (χ2n) is 4.99. The molecule has 2 heterocycles. The van der Waals surface area contributed by atoms with E-state index in [9.17, 15) is 4.79 Å². The van der Waals surface area contributed by atoms with Crippen molar-refractivity contribution in [2.45, 2.75) is 6.42 Å². The Morgan fingerprint density at radius 3 is 2.78 bits per heavy atom. The molecular formula is C17H17N3O3. The Morgan fingerprint density at radius 1 is 1.17 bits per heavy atom. The van der Waals surface area contributed by atoms with Crippen molar-refractivity contribution < 1.29 is 14.3 Å². The van der Waals surface area contributed by atoms with E-state index in [4.69, 9.17) is 9.47 Å². The molecule has 0 fully saturated rings. The van der Waals surface area contributed by atoms with Crippen LogP contribution in [0.15, 0.2) is 48.9 Å². The Balaban J connectivity index is 1.76.